The highest BCUT2D eigenvalue weighted by Gasteiger charge is 2.21. The van der Waals surface area contributed by atoms with Crippen molar-refractivity contribution in [3.63, 3.8) is 0 Å². The van der Waals surface area contributed by atoms with E-state index in [-0.39, 0.29) is 12.5 Å². The molecule has 1 fully saturated rings. The van der Waals surface area contributed by atoms with E-state index in [1.165, 1.54) is 0 Å². The van der Waals surface area contributed by atoms with Crippen molar-refractivity contribution in [2.75, 3.05) is 51.7 Å². The SMILES string of the molecule is CNc1ccccc1C(=O)N1CCCN(CCO)CC1. The molecule has 1 aliphatic rings. The smallest absolute Gasteiger partial charge is 0.255 e. The largest absolute Gasteiger partial charge is 0.395 e. The van der Waals surface area contributed by atoms with E-state index in [9.17, 15) is 4.79 Å². The Balaban J connectivity index is 2.05. The first-order chi connectivity index (χ1) is 9.76. The van der Waals surface area contributed by atoms with E-state index in [1.807, 2.05) is 36.2 Å². The lowest BCUT2D eigenvalue weighted by molar-refractivity contribution is 0.0761. The van der Waals surface area contributed by atoms with E-state index >= 15 is 0 Å². The highest BCUT2D eigenvalue weighted by Crippen LogP contribution is 2.17. The number of anilines is 1. The monoisotopic (exact) mass is 277 g/mol. The summed E-state index contributed by atoms with van der Waals surface area (Å²) in [7, 11) is 1.83. The number of β-amino-alcohol motifs (C(OH)–C–C–N with tert-alkyl or cyclic N) is 1. The zero-order valence-electron chi connectivity index (χ0n) is 12.0. The third kappa shape index (κ3) is 3.49. The molecule has 5 nitrogen and oxygen atoms in total. The Kier molecular flexibility index (Phi) is 5.38. The van der Waals surface area contributed by atoms with Crippen LogP contribution in [0.4, 0.5) is 5.69 Å². The number of nitrogens with one attached hydrogen (secondary N) is 1. The second-order valence-electron chi connectivity index (χ2n) is 5.01. The summed E-state index contributed by atoms with van der Waals surface area (Å²) in [5.41, 5.74) is 1.60. The number of aliphatic hydroxyl groups is 1. The van der Waals surface area contributed by atoms with Crippen LogP contribution in [0, 0.1) is 0 Å². The number of nitrogens with zero attached hydrogens (tertiary/aromatic N) is 2. The molecule has 0 saturated carbocycles. The van der Waals surface area contributed by atoms with Crippen LogP contribution in [0.25, 0.3) is 0 Å². The van der Waals surface area contributed by atoms with Crippen molar-refractivity contribution >= 4 is 11.6 Å². The second-order valence-corrected chi connectivity index (χ2v) is 5.01. The van der Waals surface area contributed by atoms with Crippen LogP contribution in [0.1, 0.15) is 16.8 Å². The molecule has 2 N–H and O–H groups in total. The molecule has 2 rings (SSSR count). The van der Waals surface area contributed by atoms with Crippen LogP contribution in [0.2, 0.25) is 0 Å². The van der Waals surface area contributed by atoms with Crippen molar-refractivity contribution in [3.05, 3.63) is 29.8 Å². The summed E-state index contributed by atoms with van der Waals surface area (Å²) in [4.78, 5) is 16.7. The fraction of sp³-hybridized carbons (Fsp3) is 0.533. The zero-order valence-corrected chi connectivity index (χ0v) is 12.0. The Hall–Kier alpha value is -1.59. The van der Waals surface area contributed by atoms with E-state index in [4.69, 9.17) is 5.11 Å². The van der Waals surface area contributed by atoms with Gasteiger partial charge in [-0.25, -0.2) is 0 Å². The topological polar surface area (TPSA) is 55.8 Å². The third-order valence-electron chi connectivity index (χ3n) is 3.72. The van der Waals surface area contributed by atoms with Gasteiger partial charge in [-0.3, -0.25) is 9.69 Å². The summed E-state index contributed by atoms with van der Waals surface area (Å²) < 4.78 is 0. The first-order valence-corrected chi connectivity index (χ1v) is 7.15. The van der Waals surface area contributed by atoms with Gasteiger partial charge in [0, 0.05) is 38.9 Å². The van der Waals surface area contributed by atoms with Crippen molar-refractivity contribution in [2.45, 2.75) is 6.42 Å². The molecule has 0 spiro atoms. The molecule has 1 aromatic rings. The Bertz CT molecular complexity index is 450. The van der Waals surface area contributed by atoms with Gasteiger partial charge in [-0.15, -0.1) is 0 Å². The number of para-hydroxylation sites is 1. The predicted octanol–water partition coefficient (Wildman–Crippen LogP) is 0.868. The van der Waals surface area contributed by atoms with Crippen LogP contribution >= 0.6 is 0 Å². The fourth-order valence-corrected chi connectivity index (χ4v) is 2.60. The van der Waals surface area contributed by atoms with Crippen LogP contribution in [-0.4, -0.2) is 67.2 Å². The van der Waals surface area contributed by atoms with E-state index in [1.54, 1.807) is 0 Å². The van der Waals surface area contributed by atoms with Crippen molar-refractivity contribution in [2.24, 2.45) is 0 Å². The number of aliphatic hydroxyl groups excluding tert-OH is 1. The molecule has 1 heterocycles. The molecule has 1 aromatic carbocycles. The molecule has 0 atom stereocenters. The summed E-state index contributed by atoms with van der Waals surface area (Å²) in [6.07, 6.45) is 0.952. The maximum absolute atomic E-state index is 12.6. The molecule has 1 amide bonds. The zero-order chi connectivity index (χ0) is 14.4. The molecule has 1 aliphatic heterocycles. The molecule has 0 radical (unpaired) electrons. The Morgan fingerprint density at radius 3 is 2.80 bits per heavy atom. The number of benzene rings is 1. The average molecular weight is 277 g/mol. The minimum absolute atomic E-state index is 0.0841. The van der Waals surface area contributed by atoms with E-state index < -0.39 is 0 Å². The average Bonchev–Trinajstić information content (AvgIpc) is 2.72. The number of carbonyl (C=O) groups is 1. The normalized spacial score (nSPS) is 16.8. The minimum atomic E-state index is 0.0841. The first kappa shape index (κ1) is 14.8. The fourth-order valence-electron chi connectivity index (χ4n) is 2.60. The van der Waals surface area contributed by atoms with Crippen LogP contribution < -0.4 is 5.32 Å². The number of amides is 1. The van der Waals surface area contributed by atoms with Gasteiger partial charge in [0.2, 0.25) is 0 Å². The molecule has 0 unspecified atom stereocenters. The summed E-state index contributed by atoms with van der Waals surface area (Å²) in [6, 6.07) is 7.60. The van der Waals surface area contributed by atoms with Crippen molar-refractivity contribution in [3.8, 4) is 0 Å². The molecule has 110 valence electrons. The molecule has 0 aliphatic carbocycles. The first-order valence-electron chi connectivity index (χ1n) is 7.15. The highest BCUT2D eigenvalue weighted by molar-refractivity contribution is 5.99. The van der Waals surface area contributed by atoms with E-state index in [2.05, 4.69) is 10.2 Å². The lowest BCUT2D eigenvalue weighted by Gasteiger charge is -2.22. The van der Waals surface area contributed by atoms with Gasteiger partial charge in [0.1, 0.15) is 0 Å². The molecule has 0 aromatic heterocycles. The molecule has 0 bridgehead atoms. The minimum Gasteiger partial charge on any atom is -0.395 e. The summed E-state index contributed by atoms with van der Waals surface area (Å²) in [5, 5.41) is 12.1. The lowest BCUT2D eigenvalue weighted by atomic mass is 10.1. The maximum Gasteiger partial charge on any atom is 0.255 e. The van der Waals surface area contributed by atoms with Crippen molar-refractivity contribution < 1.29 is 9.90 Å². The molecular weight excluding hydrogens is 254 g/mol. The van der Waals surface area contributed by atoms with Crippen molar-refractivity contribution in [1.82, 2.24) is 9.80 Å². The van der Waals surface area contributed by atoms with Gasteiger partial charge in [-0.2, -0.15) is 0 Å². The predicted molar refractivity (Wildman–Crippen MR) is 80.0 cm³/mol. The third-order valence-corrected chi connectivity index (χ3v) is 3.72. The lowest BCUT2D eigenvalue weighted by Crippen LogP contribution is -2.36. The van der Waals surface area contributed by atoms with Gasteiger partial charge in [-0.1, -0.05) is 12.1 Å². The van der Waals surface area contributed by atoms with Crippen LogP contribution in [0.15, 0.2) is 24.3 Å². The van der Waals surface area contributed by atoms with E-state index in [0.717, 1.165) is 43.9 Å². The van der Waals surface area contributed by atoms with Gasteiger partial charge in [0.15, 0.2) is 0 Å². The van der Waals surface area contributed by atoms with Gasteiger partial charge < -0.3 is 15.3 Å². The standard InChI is InChI=1S/C15H23N3O2/c1-16-14-6-3-2-5-13(14)15(20)18-8-4-7-17(9-10-18)11-12-19/h2-3,5-6,16,19H,4,7-12H2,1H3. The summed E-state index contributed by atoms with van der Waals surface area (Å²) in [6.45, 7) is 4.13. The number of hydrogen-bond acceptors (Lipinski definition) is 4. The van der Waals surface area contributed by atoms with Crippen LogP contribution in [0.3, 0.4) is 0 Å². The van der Waals surface area contributed by atoms with Gasteiger partial charge in [-0.05, 0) is 25.1 Å². The number of rotatable bonds is 4. The molecule has 20 heavy (non-hydrogen) atoms. The summed E-state index contributed by atoms with van der Waals surface area (Å²) >= 11 is 0. The Morgan fingerprint density at radius 2 is 2.05 bits per heavy atom. The van der Waals surface area contributed by atoms with Crippen LogP contribution in [0.5, 0.6) is 0 Å². The highest BCUT2D eigenvalue weighted by atomic mass is 16.3. The van der Waals surface area contributed by atoms with Crippen molar-refractivity contribution in [1.29, 1.82) is 0 Å². The quantitative estimate of drug-likeness (QED) is 0.857. The number of hydrogen-bond donors (Lipinski definition) is 2. The van der Waals surface area contributed by atoms with Crippen LogP contribution in [-0.2, 0) is 0 Å². The summed E-state index contributed by atoms with van der Waals surface area (Å²) in [5.74, 6) is 0.0841. The van der Waals surface area contributed by atoms with Gasteiger partial charge in [0.25, 0.3) is 5.91 Å². The maximum atomic E-state index is 12.6. The van der Waals surface area contributed by atoms with E-state index in [0.29, 0.717) is 6.54 Å². The Morgan fingerprint density at radius 1 is 1.25 bits per heavy atom. The van der Waals surface area contributed by atoms with Gasteiger partial charge >= 0.3 is 0 Å². The molecule has 5 heteroatoms. The second kappa shape index (κ2) is 7.26. The number of carbonyl (C=O) groups excluding carboxylic acids is 1. The van der Waals surface area contributed by atoms with Gasteiger partial charge in [0.05, 0.1) is 12.2 Å². The molecule has 1 saturated heterocycles. The molecular formula is C15H23N3O2. The Labute approximate surface area is 120 Å².